The largest absolute Gasteiger partial charge is 0.497 e. The van der Waals surface area contributed by atoms with Crippen LogP contribution in [-0.4, -0.2) is 26.3 Å². The van der Waals surface area contributed by atoms with Gasteiger partial charge in [-0.25, -0.2) is 0 Å². The van der Waals surface area contributed by atoms with Crippen LogP contribution in [0.3, 0.4) is 0 Å². The number of hydrogen-bond acceptors (Lipinski definition) is 3. The molecular weight excluding hydrogens is 202 g/mol. The molecule has 0 amide bonds. The van der Waals surface area contributed by atoms with E-state index in [0.29, 0.717) is 6.04 Å². The number of nitrogens with one attached hydrogen (secondary N) is 1. The van der Waals surface area contributed by atoms with Crippen molar-refractivity contribution in [2.24, 2.45) is 0 Å². The lowest BCUT2D eigenvalue weighted by molar-refractivity contribution is 0.238. The van der Waals surface area contributed by atoms with Crippen LogP contribution in [-0.2, 0) is 6.42 Å². The van der Waals surface area contributed by atoms with Gasteiger partial charge < -0.3 is 14.8 Å². The molecule has 1 atom stereocenters. The van der Waals surface area contributed by atoms with Gasteiger partial charge >= 0.3 is 0 Å². The Labute approximate surface area is 96.8 Å². The van der Waals surface area contributed by atoms with E-state index in [2.05, 4.69) is 18.3 Å². The quantitative estimate of drug-likeness (QED) is 0.843. The first-order chi connectivity index (χ1) is 7.83. The van der Waals surface area contributed by atoms with E-state index >= 15 is 0 Å². The van der Waals surface area contributed by atoms with Gasteiger partial charge in [0.2, 0.25) is 0 Å². The lowest BCUT2D eigenvalue weighted by Gasteiger charge is -2.26. The van der Waals surface area contributed by atoms with Crippen molar-refractivity contribution in [3.05, 3.63) is 23.8 Å². The molecule has 16 heavy (non-hydrogen) atoms. The van der Waals surface area contributed by atoms with Gasteiger partial charge in [-0.05, 0) is 31.0 Å². The lowest BCUT2D eigenvalue weighted by Crippen LogP contribution is -2.39. The van der Waals surface area contributed by atoms with Crippen molar-refractivity contribution in [3.63, 3.8) is 0 Å². The summed E-state index contributed by atoms with van der Waals surface area (Å²) in [5.74, 6) is 1.83. The van der Waals surface area contributed by atoms with Gasteiger partial charge in [-0.2, -0.15) is 0 Å². The van der Waals surface area contributed by atoms with Crippen molar-refractivity contribution in [1.29, 1.82) is 0 Å². The van der Waals surface area contributed by atoms with E-state index in [9.17, 15) is 0 Å². The highest BCUT2D eigenvalue weighted by Crippen LogP contribution is 2.28. The van der Waals surface area contributed by atoms with Gasteiger partial charge in [0.1, 0.15) is 18.1 Å². The second kappa shape index (κ2) is 5.21. The Bertz CT molecular complexity index is 352. The second-order valence-corrected chi connectivity index (χ2v) is 4.14. The molecule has 1 heterocycles. The summed E-state index contributed by atoms with van der Waals surface area (Å²) >= 11 is 0. The summed E-state index contributed by atoms with van der Waals surface area (Å²) in [5.41, 5.74) is 1.26. The Balaban J connectivity index is 2.04. The monoisotopic (exact) mass is 221 g/mol. The third kappa shape index (κ3) is 2.47. The smallest absolute Gasteiger partial charge is 0.126 e. The maximum Gasteiger partial charge on any atom is 0.126 e. The molecule has 1 aliphatic heterocycles. The molecular formula is C13H19NO2. The maximum absolute atomic E-state index is 5.73. The SMILES string of the molecule is CCCNC1COc2cc(OC)ccc2C1. The zero-order valence-corrected chi connectivity index (χ0v) is 9.95. The van der Waals surface area contributed by atoms with E-state index < -0.39 is 0 Å². The van der Waals surface area contributed by atoms with Gasteiger partial charge in [0.15, 0.2) is 0 Å². The molecule has 0 saturated heterocycles. The van der Waals surface area contributed by atoms with Gasteiger partial charge in [0, 0.05) is 12.1 Å². The van der Waals surface area contributed by atoms with Gasteiger partial charge in [-0.3, -0.25) is 0 Å². The normalized spacial score (nSPS) is 18.8. The maximum atomic E-state index is 5.73. The first-order valence-corrected chi connectivity index (χ1v) is 5.86. The van der Waals surface area contributed by atoms with E-state index in [4.69, 9.17) is 9.47 Å². The summed E-state index contributed by atoms with van der Waals surface area (Å²) in [6.45, 7) is 3.98. The van der Waals surface area contributed by atoms with Crippen LogP contribution in [0.25, 0.3) is 0 Å². The molecule has 0 saturated carbocycles. The topological polar surface area (TPSA) is 30.5 Å². The van der Waals surface area contributed by atoms with Crippen LogP contribution in [0.5, 0.6) is 11.5 Å². The average molecular weight is 221 g/mol. The standard InChI is InChI=1S/C13H19NO2/c1-3-6-14-11-7-10-4-5-12(15-2)8-13(10)16-9-11/h4-5,8,11,14H,3,6-7,9H2,1-2H3. The number of methoxy groups -OCH3 is 1. The van der Waals surface area contributed by atoms with Gasteiger partial charge in [0.05, 0.1) is 7.11 Å². The number of rotatable bonds is 4. The van der Waals surface area contributed by atoms with Gasteiger partial charge in [-0.1, -0.05) is 13.0 Å². The highest BCUT2D eigenvalue weighted by atomic mass is 16.5. The predicted molar refractivity (Wildman–Crippen MR) is 64.3 cm³/mol. The third-order valence-electron chi connectivity index (χ3n) is 2.86. The molecule has 0 bridgehead atoms. The molecule has 1 aliphatic rings. The Morgan fingerprint density at radius 2 is 2.38 bits per heavy atom. The number of fused-ring (bicyclic) bond motifs is 1. The molecule has 0 aliphatic carbocycles. The Hall–Kier alpha value is -1.22. The summed E-state index contributed by atoms with van der Waals surface area (Å²) in [4.78, 5) is 0. The summed E-state index contributed by atoms with van der Waals surface area (Å²) in [6, 6.07) is 6.49. The van der Waals surface area contributed by atoms with Crippen molar-refractivity contribution < 1.29 is 9.47 Å². The fourth-order valence-corrected chi connectivity index (χ4v) is 1.96. The highest BCUT2D eigenvalue weighted by Gasteiger charge is 2.19. The van der Waals surface area contributed by atoms with E-state index in [-0.39, 0.29) is 0 Å². The molecule has 3 heteroatoms. The van der Waals surface area contributed by atoms with Crippen LogP contribution in [0, 0.1) is 0 Å². The molecule has 0 fully saturated rings. The second-order valence-electron chi connectivity index (χ2n) is 4.14. The van der Waals surface area contributed by atoms with Crippen LogP contribution in [0.15, 0.2) is 18.2 Å². The molecule has 0 aromatic heterocycles. The zero-order chi connectivity index (χ0) is 11.4. The number of hydrogen-bond donors (Lipinski definition) is 1. The third-order valence-corrected chi connectivity index (χ3v) is 2.86. The average Bonchev–Trinajstić information content (AvgIpc) is 2.35. The van der Waals surface area contributed by atoms with Crippen molar-refractivity contribution >= 4 is 0 Å². The first-order valence-electron chi connectivity index (χ1n) is 5.86. The van der Waals surface area contributed by atoms with E-state index in [1.165, 1.54) is 5.56 Å². The highest BCUT2D eigenvalue weighted by molar-refractivity contribution is 5.42. The molecule has 1 N–H and O–H groups in total. The first kappa shape index (κ1) is 11.3. The predicted octanol–water partition coefficient (Wildman–Crippen LogP) is 2.00. The van der Waals surface area contributed by atoms with Crippen molar-refractivity contribution in [2.45, 2.75) is 25.8 Å². The summed E-state index contributed by atoms with van der Waals surface area (Å²) in [7, 11) is 1.68. The minimum Gasteiger partial charge on any atom is -0.497 e. The Kier molecular flexibility index (Phi) is 3.67. The van der Waals surface area contributed by atoms with E-state index in [0.717, 1.165) is 37.5 Å². The van der Waals surface area contributed by atoms with Crippen molar-refractivity contribution in [1.82, 2.24) is 5.32 Å². The Morgan fingerprint density at radius 1 is 1.50 bits per heavy atom. The minimum absolute atomic E-state index is 0.445. The fraction of sp³-hybridized carbons (Fsp3) is 0.538. The minimum atomic E-state index is 0.445. The van der Waals surface area contributed by atoms with Crippen LogP contribution in [0.1, 0.15) is 18.9 Å². The molecule has 1 unspecified atom stereocenters. The Morgan fingerprint density at radius 3 is 3.12 bits per heavy atom. The van der Waals surface area contributed by atoms with Crippen LogP contribution in [0.2, 0.25) is 0 Å². The zero-order valence-electron chi connectivity index (χ0n) is 9.95. The molecule has 0 spiro atoms. The molecule has 0 radical (unpaired) electrons. The summed E-state index contributed by atoms with van der Waals surface area (Å²) in [5, 5.41) is 3.48. The molecule has 88 valence electrons. The molecule has 1 aromatic rings. The van der Waals surface area contributed by atoms with E-state index in [1.54, 1.807) is 7.11 Å². The fourth-order valence-electron chi connectivity index (χ4n) is 1.96. The van der Waals surface area contributed by atoms with Crippen LogP contribution >= 0.6 is 0 Å². The number of ether oxygens (including phenoxy) is 2. The van der Waals surface area contributed by atoms with Crippen molar-refractivity contribution in [2.75, 3.05) is 20.3 Å². The van der Waals surface area contributed by atoms with Crippen LogP contribution < -0.4 is 14.8 Å². The summed E-state index contributed by atoms with van der Waals surface area (Å²) in [6.07, 6.45) is 2.20. The molecule has 1 aromatic carbocycles. The van der Waals surface area contributed by atoms with Gasteiger partial charge in [0.25, 0.3) is 0 Å². The van der Waals surface area contributed by atoms with Gasteiger partial charge in [-0.15, -0.1) is 0 Å². The van der Waals surface area contributed by atoms with E-state index in [1.807, 2.05) is 12.1 Å². The molecule has 2 rings (SSSR count). The number of benzene rings is 1. The van der Waals surface area contributed by atoms with Crippen molar-refractivity contribution in [3.8, 4) is 11.5 Å². The van der Waals surface area contributed by atoms with Crippen LogP contribution in [0.4, 0.5) is 0 Å². The lowest BCUT2D eigenvalue weighted by atomic mass is 10.0. The summed E-state index contributed by atoms with van der Waals surface area (Å²) < 4.78 is 10.9. The molecule has 3 nitrogen and oxygen atoms in total.